The maximum absolute atomic E-state index is 6.29. The van der Waals surface area contributed by atoms with E-state index < -0.39 is 0 Å². The van der Waals surface area contributed by atoms with Crippen molar-refractivity contribution in [3.63, 3.8) is 0 Å². The molecule has 8 nitrogen and oxygen atoms in total. The van der Waals surface area contributed by atoms with Crippen molar-refractivity contribution in [3.8, 4) is 5.75 Å². The average molecular weight is 428 g/mol. The molecule has 1 fully saturated rings. The Hall–Kier alpha value is -2.49. The normalized spacial score (nSPS) is 19.2. The van der Waals surface area contributed by atoms with Crippen molar-refractivity contribution in [2.24, 2.45) is 5.73 Å². The Balaban J connectivity index is 1.45. The topological polar surface area (TPSA) is 101 Å². The number of likely N-dealkylation sites (N-methyl/N-ethyl adjacent to an activating group) is 1. The van der Waals surface area contributed by atoms with Crippen LogP contribution in [0.15, 0.2) is 30.6 Å². The minimum Gasteiger partial charge on any atom is -0.488 e. The number of aromatic nitrogens is 3. The van der Waals surface area contributed by atoms with Crippen molar-refractivity contribution >= 4 is 38.3 Å². The number of nitrogens with zero attached hydrogens (tertiary/aromatic N) is 4. The van der Waals surface area contributed by atoms with E-state index in [9.17, 15) is 0 Å². The first-order valence-corrected chi connectivity index (χ1v) is 11.2. The molecule has 1 saturated carbocycles. The van der Waals surface area contributed by atoms with Crippen LogP contribution >= 0.6 is 11.3 Å². The van der Waals surface area contributed by atoms with Crippen LogP contribution in [0.5, 0.6) is 5.75 Å². The number of fused-ring (bicyclic) bond motifs is 1. The first kappa shape index (κ1) is 20.8. The molecule has 2 heterocycles. The summed E-state index contributed by atoms with van der Waals surface area (Å²) in [5, 5.41) is 9.31. The molecule has 1 aliphatic carbocycles. The molecule has 0 spiro atoms. The Labute approximate surface area is 180 Å². The van der Waals surface area contributed by atoms with E-state index in [2.05, 4.69) is 39.6 Å². The zero-order valence-electron chi connectivity index (χ0n) is 17.5. The Morgan fingerprint density at radius 3 is 2.80 bits per heavy atom. The summed E-state index contributed by atoms with van der Waals surface area (Å²) in [5.41, 5.74) is 6.84. The SMILES string of the molecule is CN(C)CCNc1ncc(Nc2ncc3cccc(OC4CCC(N)CC4)c3n2)s1. The third-order valence-corrected chi connectivity index (χ3v) is 6.03. The summed E-state index contributed by atoms with van der Waals surface area (Å²) < 4.78 is 6.29. The van der Waals surface area contributed by atoms with Crippen LogP contribution in [0.25, 0.3) is 10.9 Å². The number of hydrogen-bond acceptors (Lipinski definition) is 9. The lowest BCUT2D eigenvalue weighted by atomic mass is 9.94. The molecule has 30 heavy (non-hydrogen) atoms. The zero-order chi connectivity index (χ0) is 20.9. The number of thiazole rings is 1. The molecule has 4 N–H and O–H groups in total. The second-order valence-corrected chi connectivity index (χ2v) is 8.96. The number of rotatable bonds is 8. The van der Waals surface area contributed by atoms with E-state index in [4.69, 9.17) is 15.5 Å². The lowest BCUT2D eigenvalue weighted by molar-refractivity contribution is 0.149. The van der Waals surface area contributed by atoms with E-state index in [1.807, 2.05) is 24.4 Å². The third kappa shape index (κ3) is 5.35. The molecule has 0 aliphatic heterocycles. The minimum atomic E-state index is 0.194. The highest BCUT2D eigenvalue weighted by atomic mass is 32.1. The van der Waals surface area contributed by atoms with Gasteiger partial charge in [-0.3, -0.25) is 0 Å². The van der Waals surface area contributed by atoms with Crippen molar-refractivity contribution in [2.75, 3.05) is 37.8 Å². The Morgan fingerprint density at radius 2 is 2.00 bits per heavy atom. The van der Waals surface area contributed by atoms with Crippen LogP contribution in [-0.2, 0) is 0 Å². The fourth-order valence-corrected chi connectivity index (χ4v) is 4.22. The maximum atomic E-state index is 6.29. The monoisotopic (exact) mass is 427 g/mol. The van der Waals surface area contributed by atoms with Crippen molar-refractivity contribution in [3.05, 3.63) is 30.6 Å². The van der Waals surface area contributed by atoms with Gasteiger partial charge in [0.1, 0.15) is 16.3 Å². The second-order valence-electron chi connectivity index (χ2n) is 7.93. The quantitative estimate of drug-likeness (QED) is 0.502. The van der Waals surface area contributed by atoms with Crippen LogP contribution in [0.2, 0.25) is 0 Å². The van der Waals surface area contributed by atoms with E-state index in [1.54, 1.807) is 17.5 Å². The molecular weight excluding hydrogens is 398 g/mol. The molecule has 0 radical (unpaired) electrons. The highest BCUT2D eigenvalue weighted by molar-refractivity contribution is 7.19. The van der Waals surface area contributed by atoms with Gasteiger partial charge in [-0.1, -0.05) is 23.5 Å². The summed E-state index contributed by atoms with van der Waals surface area (Å²) in [4.78, 5) is 15.7. The van der Waals surface area contributed by atoms with E-state index in [0.717, 1.165) is 65.6 Å². The Bertz CT molecular complexity index is 969. The van der Waals surface area contributed by atoms with Crippen molar-refractivity contribution < 1.29 is 4.74 Å². The van der Waals surface area contributed by atoms with Gasteiger partial charge >= 0.3 is 0 Å². The molecule has 0 unspecified atom stereocenters. The molecule has 160 valence electrons. The number of ether oxygens (including phenoxy) is 1. The summed E-state index contributed by atoms with van der Waals surface area (Å²) in [6, 6.07) is 6.27. The van der Waals surface area contributed by atoms with Gasteiger partial charge < -0.3 is 26.0 Å². The molecule has 0 bridgehead atoms. The number of anilines is 3. The first-order chi connectivity index (χ1) is 14.6. The summed E-state index contributed by atoms with van der Waals surface area (Å²) >= 11 is 1.54. The van der Waals surface area contributed by atoms with Crippen LogP contribution in [-0.4, -0.2) is 59.2 Å². The zero-order valence-corrected chi connectivity index (χ0v) is 18.3. The number of hydrogen-bond donors (Lipinski definition) is 3. The number of benzene rings is 1. The predicted molar refractivity (Wildman–Crippen MR) is 123 cm³/mol. The second kappa shape index (κ2) is 9.55. The van der Waals surface area contributed by atoms with Crippen LogP contribution in [0, 0.1) is 0 Å². The van der Waals surface area contributed by atoms with E-state index in [1.165, 1.54) is 0 Å². The van der Waals surface area contributed by atoms with Gasteiger partial charge in [-0.05, 0) is 45.8 Å². The van der Waals surface area contributed by atoms with Gasteiger partial charge in [-0.15, -0.1) is 0 Å². The van der Waals surface area contributed by atoms with Crippen LogP contribution < -0.4 is 21.1 Å². The standard InChI is InChI=1S/C21H29N7OS/c1-28(2)11-10-23-21-25-13-18(30-21)26-20-24-12-14-4-3-5-17(19(14)27-20)29-16-8-6-15(22)7-9-16/h3-5,12-13,15-16H,6-11,22H2,1-2H3,(H,23,25)(H,24,26,27). The molecule has 1 aromatic carbocycles. The molecular formula is C21H29N7OS. The lowest BCUT2D eigenvalue weighted by Gasteiger charge is -2.27. The lowest BCUT2D eigenvalue weighted by Crippen LogP contribution is -2.31. The largest absolute Gasteiger partial charge is 0.488 e. The highest BCUT2D eigenvalue weighted by Crippen LogP contribution is 2.30. The Kier molecular flexibility index (Phi) is 6.61. The molecule has 0 atom stereocenters. The van der Waals surface area contributed by atoms with Crippen molar-refractivity contribution in [1.82, 2.24) is 19.9 Å². The van der Waals surface area contributed by atoms with Crippen LogP contribution in [0.1, 0.15) is 25.7 Å². The van der Waals surface area contributed by atoms with Crippen molar-refractivity contribution in [1.29, 1.82) is 0 Å². The van der Waals surface area contributed by atoms with Gasteiger partial charge in [-0.25, -0.2) is 15.0 Å². The molecule has 4 rings (SSSR count). The molecule has 2 aromatic heterocycles. The third-order valence-electron chi connectivity index (χ3n) is 5.16. The van der Waals surface area contributed by atoms with Gasteiger partial charge in [-0.2, -0.15) is 0 Å². The smallest absolute Gasteiger partial charge is 0.228 e. The van der Waals surface area contributed by atoms with Crippen molar-refractivity contribution in [2.45, 2.75) is 37.8 Å². The van der Waals surface area contributed by atoms with Gasteiger partial charge in [0.05, 0.1) is 12.3 Å². The summed E-state index contributed by atoms with van der Waals surface area (Å²) in [7, 11) is 4.10. The molecule has 9 heteroatoms. The van der Waals surface area contributed by atoms with Crippen LogP contribution in [0.4, 0.5) is 16.1 Å². The maximum Gasteiger partial charge on any atom is 0.228 e. The minimum absolute atomic E-state index is 0.194. The summed E-state index contributed by atoms with van der Waals surface area (Å²) in [5.74, 6) is 1.33. The molecule has 0 amide bonds. The summed E-state index contributed by atoms with van der Waals surface area (Å²) in [6.07, 6.45) is 7.80. The highest BCUT2D eigenvalue weighted by Gasteiger charge is 2.21. The van der Waals surface area contributed by atoms with Gasteiger partial charge in [0.25, 0.3) is 0 Å². The van der Waals surface area contributed by atoms with E-state index in [-0.39, 0.29) is 6.10 Å². The van der Waals surface area contributed by atoms with Gasteiger partial charge in [0, 0.05) is 30.7 Å². The fourth-order valence-electron chi connectivity index (χ4n) is 3.48. The predicted octanol–water partition coefficient (Wildman–Crippen LogP) is 3.45. The Morgan fingerprint density at radius 1 is 1.17 bits per heavy atom. The van der Waals surface area contributed by atoms with E-state index in [0.29, 0.717) is 12.0 Å². The average Bonchev–Trinajstić information content (AvgIpc) is 3.17. The number of nitrogens with two attached hydrogens (primary N) is 1. The first-order valence-electron chi connectivity index (χ1n) is 10.4. The van der Waals surface area contributed by atoms with Gasteiger partial charge in [0.2, 0.25) is 5.95 Å². The molecule has 1 aliphatic rings. The van der Waals surface area contributed by atoms with Gasteiger partial charge in [0.15, 0.2) is 5.13 Å². The molecule has 3 aromatic rings. The van der Waals surface area contributed by atoms with E-state index >= 15 is 0 Å². The fraction of sp³-hybridized carbons (Fsp3) is 0.476. The van der Waals surface area contributed by atoms with Crippen LogP contribution in [0.3, 0.4) is 0 Å². The number of nitrogens with one attached hydrogen (secondary N) is 2. The molecule has 0 saturated heterocycles. The summed E-state index contributed by atoms with van der Waals surface area (Å²) in [6.45, 7) is 1.80. The number of para-hydroxylation sites is 1.